The molecule has 2 aromatic carbocycles. The van der Waals surface area contributed by atoms with Gasteiger partial charge in [-0.3, -0.25) is 19.4 Å². The lowest BCUT2D eigenvalue weighted by Crippen LogP contribution is -2.31. The van der Waals surface area contributed by atoms with Gasteiger partial charge < -0.3 is 35.5 Å². The van der Waals surface area contributed by atoms with Crippen molar-refractivity contribution in [3.8, 4) is 22.3 Å². The van der Waals surface area contributed by atoms with E-state index in [9.17, 15) is 19.2 Å². The second-order valence-electron chi connectivity index (χ2n) is 20.4. The van der Waals surface area contributed by atoms with Gasteiger partial charge in [-0.25, -0.2) is 29.7 Å². The average molecular weight is 1060 g/mol. The third kappa shape index (κ3) is 10.0. The summed E-state index contributed by atoms with van der Waals surface area (Å²) in [5, 5.41) is 6.53. The van der Waals surface area contributed by atoms with Crippen molar-refractivity contribution in [3.63, 3.8) is 0 Å². The number of aromatic amines is 3. The van der Waals surface area contributed by atoms with E-state index in [4.69, 9.17) is 15.7 Å². The molecular weight excluding hydrogens is 991 g/mol. The molecule has 8 bridgehead atoms. The van der Waals surface area contributed by atoms with Crippen molar-refractivity contribution in [2.75, 3.05) is 16.4 Å². The normalized spacial score (nSPS) is 12.5. The summed E-state index contributed by atoms with van der Waals surface area (Å²) in [4.78, 5) is 86.7. The van der Waals surface area contributed by atoms with Gasteiger partial charge >= 0.3 is 5.69 Å². The summed E-state index contributed by atoms with van der Waals surface area (Å²) < 4.78 is 3.33. The minimum atomic E-state index is -0.504. The number of nitrogen functional groups attached to an aromatic ring is 1. The first kappa shape index (κ1) is 53.4. The van der Waals surface area contributed by atoms with Crippen LogP contribution < -0.4 is 27.6 Å². The summed E-state index contributed by atoms with van der Waals surface area (Å²) in [5.74, 6) is -0.0122. The van der Waals surface area contributed by atoms with Gasteiger partial charge in [0.1, 0.15) is 11.8 Å². The van der Waals surface area contributed by atoms with Crippen LogP contribution in [0.15, 0.2) is 89.1 Å². The number of H-pyrrole nitrogens is 3. The Kier molecular flexibility index (Phi) is 15.0. The number of benzene rings is 2. The minimum Gasteiger partial charge on any atom is -0.382 e. The molecule has 404 valence electrons. The molecule has 0 spiro atoms. The fraction of sp³-hybridized carbons (Fsp3) is 0.306. The van der Waals surface area contributed by atoms with Crippen molar-refractivity contribution < 1.29 is 9.59 Å². The van der Waals surface area contributed by atoms with Crippen LogP contribution in [0.4, 0.5) is 17.2 Å². The Morgan fingerprint density at radius 1 is 0.620 bits per heavy atom. The van der Waals surface area contributed by atoms with Crippen LogP contribution in [-0.4, -0.2) is 60.8 Å². The zero-order valence-electron chi connectivity index (χ0n) is 46.4. The highest BCUT2D eigenvalue weighted by molar-refractivity contribution is 6.07. The Morgan fingerprint density at radius 3 is 1.61 bits per heavy atom. The van der Waals surface area contributed by atoms with Crippen LogP contribution in [0.2, 0.25) is 0 Å². The molecule has 2 aliphatic rings. The van der Waals surface area contributed by atoms with Crippen molar-refractivity contribution in [3.05, 3.63) is 151 Å². The number of nitrogens with two attached hydrogens (primary N) is 1. The maximum Gasteiger partial charge on any atom is 0.328 e. The van der Waals surface area contributed by atoms with Crippen LogP contribution in [-0.2, 0) is 35.5 Å². The first-order valence-corrected chi connectivity index (χ1v) is 27.3. The van der Waals surface area contributed by atoms with E-state index in [1.54, 1.807) is 13.3 Å². The van der Waals surface area contributed by atoms with E-state index in [0.717, 1.165) is 137 Å². The number of amides is 2. The Hall–Kier alpha value is -8.99. The van der Waals surface area contributed by atoms with Gasteiger partial charge in [0.2, 0.25) is 11.8 Å². The third-order valence-electron chi connectivity index (χ3n) is 15.6. The van der Waals surface area contributed by atoms with Gasteiger partial charge in [-0.05, 0) is 142 Å². The van der Waals surface area contributed by atoms with Gasteiger partial charge in [0.15, 0.2) is 11.5 Å². The molecule has 0 atom stereocenters. The maximum atomic E-state index is 14.0. The Balaban J connectivity index is 1.14. The predicted octanol–water partition coefficient (Wildman–Crippen LogP) is 11.8. The molecule has 2 amide bonds. The molecule has 0 aliphatic carbocycles. The molecule has 0 radical (unpaired) electrons. The molecule has 2 aliphatic heterocycles. The summed E-state index contributed by atoms with van der Waals surface area (Å²) >= 11 is 0. The van der Waals surface area contributed by atoms with Gasteiger partial charge in [-0.2, -0.15) is 0 Å². The molecule has 10 rings (SSSR count). The van der Waals surface area contributed by atoms with E-state index in [0.29, 0.717) is 53.3 Å². The minimum absolute atomic E-state index is 0.123. The number of para-hydroxylation sites is 2. The number of allylic oxidation sites excluding steroid dienone is 4. The van der Waals surface area contributed by atoms with Crippen molar-refractivity contribution in [2.24, 2.45) is 0 Å². The highest BCUT2D eigenvalue weighted by Gasteiger charge is 2.28. The molecule has 6 aromatic heterocycles. The summed E-state index contributed by atoms with van der Waals surface area (Å²) in [6.07, 6.45) is 8.87. The number of hydrogen-bond acceptors (Lipinski definition) is 10. The molecule has 7 N–H and O–H groups in total. The standard InChI is InChI=1S/C62H67N13O4/c1-10-38-34(6)54-52(42-20-14-16-22-44(42)67-50(76)24-18-26-74-30-33(5)61(78)73-62(74)79)55-35(7)39(11-2)47(70-55)29-49-41(13-4)37(9)57(72-49)53(56-36(8)40(12-3)48(71-56)28-46(38)69-54)43-21-15-17-23-45(43)68-51(77)25-19-27-75-32-66-58-59(63)64-31-65-60(58)75/h14-17,20-23,28-32,69,72H,10-13,18-19,24-27H2,1-9H3,(H,67,76)(H,68,77)(H2,63,64,65)(H,73,78,79). The Bertz CT molecular complexity index is 4150. The van der Waals surface area contributed by atoms with Crippen LogP contribution in [0.1, 0.15) is 131 Å². The number of rotatable bonds is 16. The Morgan fingerprint density at radius 2 is 1.11 bits per heavy atom. The number of carbonyl (C=O) groups excluding carboxylic acids is 2. The van der Waals surface area contributed by atoms with E-state index in [-0.39, 0.29) is 31.2 Å². The van der Waals surface area contributed by atoms with Gasteiger partial charge in [-0.15, -0.1) is 0 Å². The SMILES string of the molecule is CCC1=C(C)c2nc1cc1[nH]c(c(C)c1CC)c(-c1ccccc1NC(=O)CCCn1cnc3c(N)ncnc31)c1nc(cc3[nH]c(c(C)c3CC)c2-c2ccccc2NC(=O)CCCn2cc(C)c(=O)[nH]c2=O)C(CC)=C1C. The van der Waals surface area contributed by atoms with Crippen molar-refractivity contribution in [2.45, 2.75) is 127 Å². The number of carbonyl (C=O) groups is 2. The maximum absolute atomic E-state index is 14.0. The molecule has 8 aromatic rings. The van der Waals surface area contributed by atoms with E-state index in [2.05, 4.69) is 114 Å². The lowest BCUT2D eigenvalue weighted by Gasteiger charge is -2.14. The molecule has 0 saturated carbocycles. The van der Waals surface area contributed by atoms with Crippen molar-refractivity contribution >= 4 is 84.5 Å². The quantitative estimate of drug-likeness (QED) is 0.0535. The topological polar surface area (TPSA) is 240 Å². The highest BCUT2D eigenvalue weighted by atomic mass is 16.2. The van der Waals surface area contributed by atoms with Crippen LogP contribution in [0.5, 0.6) is 0 Å². The van der Waals surface area contributed by atoms with Crippen LogP contribution in [0.25, 0.3) is 77.8 Å². The molecule has 0 fully saturated rings. The molecule has 17 heteroatoms. The highest BCUT2D eigenvalue weighted by Crippen LogP contribution is 2.46. The summed E-state index contributed by atoms with van der Waals surface area (Å²) in [5.41, 5.74) is 27.1. The van der Waals surface area contributed by atoms with Gasteiger partial charge in [0.25, 0.3) is 5.56 Å². The smallest absolute Gasteiger partial charge is 0.328 e. The van der Waals surface area contributed by atoms with Crippen LogP contribution in [0.3, 0.4) is 0 Å². The van der Waals surface area contributed by atoms with Crippen molar-refractivity contribution in [1.82, 2.24) is 49.0 Å². The van der Waals surface area contributed by atoms with E-state index < -0.39 is 11.2 Å². The second-order valence-corrected chi connectivity index (χ2v) is 20.4. The summed E-state index contributed by atoms with van der Waals surface area (Å²) in [6.45, 7) is 19.7. The summed E-state index contributed by atoms with van der Waals surface area (Å²) in [6, 6.07) is 20.2. The molecule has 79 heavy (non-hydrogen) atoms. The van der Waals surface area contributed by atoms with Gasteiger partial charge in [0.05, 0.1) is 40.1 Å². The largest absolute Gasteiger partial charge is 0.382 e. The van der Waals surface area contributed by atoms with Gasteiger partial charge in [0, 0.05) is 82.4 Å². The van der Waals surface area contributed by atoms with E-state index in [1.807, 2.05) is 47.0 Å². The first-order chi connectivity index (χ1) is 38.1. The van der Waals surface area contributed by atoms with E-state index >= 15 is 0 Å². The zero-order chi connectivity index (χ0) is 55.8. The predicted molar refractivity (Wildman–Crippen MR) is 317 cm³/mol. The number of hydrogen-bond donors (Lipinski definition) is 6. The number of nitrogens with zero attached hydrogens (tertiary/aromatic N) is 7. The first-order valence-electron chi connectivity index (χ1n) is 27.3. The van der Waals surface area contributed by atoms with Crippen LogP contribution >= 0.6 is 0 Å². The lowest BCUT2D eigenvalue weighted by atomic mass is 9.94. The number of anilines is 3. The number of nitrogens with one attached hydrogen (secondary N) is 5. The van der Waals surface area contributed by atoms with E-state index in [1.165, 1.54) is 17.1 Å². The number of imidazole rings is 1. The van der Waals surface area contributed by atoms with Gasteiger partial charge in [-0.1, -0.05) is 64.1 Å². The second kappa shape index (κ2) is 22.2. The summed E-state index contributed by atoms with van der Waals surface area (Å²) in [7, 11) is 0. The number of aromatic nitrogens is 10. The average Bonchev–Trinajstić information content (AvgIpc) is 4.44. The molecular formula is C62H67N13O4. The fourth-order valence-corrected chi connectivity index (χ4v) is 11.6. The molecule has 17 nitrogen and oxygen atoms in total. The number of aryl methyl sites for hydroxylation is 7. The number of fused-ring (bicyclic) bond motifs is 9. The molecule has 0 saturated heterocycles. The third-order valence-corrected chi connectivity index (χ3v) is 15.6. The Labute approximate surface area is 457 Å². The fourth-order valence-electron chi connectivity index (χ4n) is 11.6. The van der Waals surface area contributed by atoms with Crippen molar-refractivity contribution in [1.29, 1.82) is 0 Å². The monoisotopic (exact) mass is 1060 g/mol. The van der Waals surface area contributed by atoms with Crippen LogP contribution in [0, 0.1) is 20.8 Å². The zero-order valence-corrected chi connectivity index (χ0v) is 46.4. The lowest BCUT2D eigenvalue weighted by molar-refractivity contribution is -0.117. The molecule has 0 unspecified atom stereocenters. The molecule has 8 heterocycles.